The number of allylic oxidation sites excluding steroid dienone is 1. The molecule has 0 fully saturated rings. The smallest absolute Gasteiger partial charge is 0.208 e. The van der Waals surface area contributed by atoms with Crippen LogP contribution in [-0.2, 0) is 6.54 Å². The Hall–Kier alpha value is -1.48. The van der Waals surface area contributed by atoms with Crippen LogP contribution in [0.4, 0.5) is 0 Å². The number of hydrogen-bond donors (Lipinski definition) is 0. The second kappa shape index (κ2) is 5.23. The van der Waals surface area contributed by atoms with E-state index in [9.17, 15) is 0 Å². The molecule has 0 N–H and O–H groups in total. The molecule has 3 heterocycles. The van der Waals surface area contributed by atoms with Crippen LogP contribution in [0.5, 0.6) is 0 Å². The van der Waals surface area contributed by atoms with Gasteiger partial charge in [0.2, 0.25) is 5.69 Å². The number of halogens is 1. The highest BCUT2D eigenvalue weighted by Gasteiger charge is 2.22. The molecule has 0 radical (unpaired) electrons. The maximum atomic E-state index is 4.03. The number of nitrogens with zero attached hydrogens (tertiary/aromatic N) is 2. The van der Waals surface area contributed by atoms with E-state index in [1.807, 2.05) is 24.5 Å². The van der Waals surface area contributed by atoms with E-state index in [-0.39, 0.29) is 17.0 Å². The highest BCUT2D eigenvalue weighted by molar-refractivity contribution is 5.79. The van der Waals surface area contributed by atoms with Crippen LogP contribution in [0.1, 0.15) is 17.7 Å². The van der Waals surface area contributed by atoms with Gasteiger partial charge in [-0.25, -0.2) is 0 Å². The summed E-state index contributed by atoms with van der Waals surface area (Å²) >= 11 is 0. The number of aromatic nitrogens is 2. The van der Waals surface area contributed by atoms with Gasteiger partial charge < -0.3 is 17.0 Å². The van der Waals surface area contributed by atoms with Crippen LogP contribution in [0, 0.1) is 0 Å². The lowest BCUT2D eigenvalue weighted by Crippen LogP contribution is -3.00. The maximum Gasteiger partial charge on any atom is 0.208 e. The fourth-order valence-electron chi connectivity index (χ4n) is 2.14. The first kappa shape index (κ1) is 12.0. The average Bonchev–Trinajstić information content (AvgIpc) is 2.74. The quantitative estimate of drug-likeness (QED) is 0.636. The third-order valence-corrected chi connectivity index (χ3v) is 2.94. The Morgan fingerprint density at radius 2 is 1.94 bits per heavy atom. The zero-order valence-electron chi connectivity index (χ0n) is 9.38. The first-order valence-electron chi connectivity index (χ1n) is 5.53. The van der Waals surface area contributed by atoms with Crippen molar-refractivity contribution in [1.29, 1.82) is 0 Å². The van der Waals surface area contributed by atoms with Crippen molar-refractivity contribution in [3.05, 3.63) is 60.2 Å². The lowest BCUT2D eigenvalue weighted by molar-refractivity contribution is -0.689. The van der Waals surface area contributed by atoms with E-state index in [1.165, 1.54) is 16.8 Å². The highest BCUT2D eigenvalue weighted by Crippen LogP contribution is 2.22. The predicted octanol–water partition coefficient (Wildman–Crippen LogP) is -0.683. The topological polar surface area (TPSA) is 16.8 Å². The summed E-state index contributed by atoms with van der Waals surface area (Å²) in [4.78, 5) is 4.03. The van der Waals surface area contributed by atoms with E-state index in [4.69, 9.17) is 0 Å². The second-order valence-corrected chi connectivity index (χ2v) is 3.98. The number of aryl methyl sites for hydroxylation is 1. The lowest BCUT2D eigenvalue weighted by Gasteiger charge is -1.94. The van der Waals surface area contributed by atoms with Crippen LogP contribution < -0.4 is 21.5 Å². The van der Waals surface area contributed by atoms with Crippen LogP contribution in [0.2, 0.25) is 0 Å². The van der Waals surface area contributed by atoms with Crippen molar-refractivity contribution in [3.63, 3.8) is 0 Å². The van der Waals surface area contributed by atoms with Crippen molar-refractivity contribution >= 4 is 11.6 Å². The molecule has 86 valence electrons. The molecule has 0 saturated heterocycles. The molecule has 0 bridgehead atoms. The summed E-state index contributed by atoms with van der Waals surface area (Å²) in [7, 11) is 0. The Labute approximate surface area is 111 Å². The molecule has 0 aliphatic carbocycles. The Balaban J connectivity index is 0.00000108. The Morgan fingerprint density at radius 1 is 1.12 bits per heavy atom. The molecule has 17 heavy (non-hydrogen) atoms. The van der Waals surface area contributed by atoms with Gasteiger partial charge in [-0.3, -0.25) is 4.98 Å². The largest absolute Gasteiger partial charge is 1.00 e. The third kappa shape index (κ3) is 2.44. The summed E-state index contributed by atoms with van der Waals surface area (Å²) in [6, 6.07) is 10.4. The summed E-state index contributed by atoms with van der Waals surface area (Å²) in [6.07, 6.45) is 9.18. The van der Waals surface area contributed by atoms with E-state index >= 15 is 0 Å². The van der Waals surface area contributed by atoms with Gasteiger partial charge in [-0.2, -0.15) is 4.57 Å². The molecule has 3 heteroatoms. The lowest BCUT2D eigenvalue weighted by atomic mass is 10.1. The van der Waals surface area contributed by atoms with Gasteiger partial charge >= 0.3 is 0 Å². The van der Waals surface area contributed by atoms with Crippen LogP contribution in [0.3, 0.4) is 0 Å². The Kier molecular flexibility index (Phi) is 3.69. The maximum absolute atomic E-state index is 4.03. The minimum atomic E-state index is 0. The minimum Gasteiger partial charge on any atom is -1.00 e. The number of rotatable bonds is 1. The standard InChI is InChI=1S/C14H13N2.BrH/c1-2-9-16-10-6-13(14(16)3-1)11-12-4-7-15-8-5-12;/h1-5,7-9,11H,6,10H2;1H/q+1;/p-1. The fraction of sp³-hybridized carbons (Fsp3) is 0.143. The van der Waals surface area contributed by atoms with Crippen LogP contribution in [-0.4, -0.2) is 4.98 Å². The summed E-state index contributed by atoms with van der Waals surface area (Å²) < 4.78 is 2.30. The van der Waals surface area contributed by atoms with E-state index in [0.29, 0.717) is 0 Å². The summed E-state index contributed by atoms with van der Waals surface area (Å²) in [5.41, 5.74) is 3.97. The molecule has 2 aromatic rings. The SMILES string of the molecule is C(=C1CC[n+]2ccccc21)c1ccncc1.[Br-]. The van der Waals surface area contributed by atoms with E-state index in [2.05, 4.69) is 40.0 Å². The fourth-order valence-corrected chi connectivity index (χ4v) is 2.14. The monoisotopic (exact) mass is 288 g/mol. The van der Waals surface area contributed by atoms with Crippen molar-refractivity contribution in [3.8, 4) is 0 Å². The molecule has 0 spiro atoms. The molecular formula is C14H13BrN2. The van der Waals surface area contributed by atoms with Crippen molar-refractivity contribution in [2.75, 3.05) is 0 Å². The Bertz CT molecular complexity index is 535. The molecule has 3 rings (SSSR count). The molecule has 2 nitrogen and oxygen atoms in total. The molecule has 1 aliphatic heterocycles. The van der Waals surface area contributed by atoms with Gasteiger partial charge in [-0.15, -0.1) is 0 Å². The minimum absolute atomic E-state index is 0. The molecule has 1 aliphatic rings. The average molecular weight is 289 g/mol. The molecule has 2 aromatic heterocycles. The molecule has 0 amide bonds. The predicted molar refractivity (Wildman–Crippen MR) is 63.4 cm³/mol. The zero-order chi connectivity index (χ0) is 10.8. The van der Waals surface area contributed by atoms with Gasteiger partial charge in [0.1, 0.15) is 0 Å². The van der Waals surface area contributed by atoms with Gasteiger partial charge in [0, 0.05) is 36.5 Å². The summed E-state index contributed by atoms with van der Waals surface area (Å²) in [5, 5.41) is 0. The number of hydrogen-bond acceptors (Lipinski definition) is 1. The first-order chi connectivity index (χ1) is 7.93. The van der Waals surface area contributed by atoms with E-state index in [1.54, 1.807) is 0 Å². The molecular weight excluding hydrogens is 276 g/mol. The number of fused-ring (bicyclic) bond motifs is 1. The van der Waals surface area contributed by atoms with Crippen LogP contribution in [0.25, 0.3) is 11.6 Å². The normalized spacial score (nSPS) is 15.4. The van der Waals surface area contributed by atoms with Gasteiger partial charge in [0.15, 0.2) is 12.7 Å². The molecule has 0 atom stereocenters. The Morgan fingerprint density at radius 3 is 2.76 bits per heavy atom. The van der Waals surface area contributed by atoms with Gasteiger partial charge in [-0.05, 0) is 29.8 Å². The van der Waals surface area contributed by atoms with Gasteiger partial charge in [-0.1, -0.05) is 0 Å². The highest BCUT2D eigenvalue weighted by atomic mass is 79.9. The van der Waals surface area contributed by atoms with Crippen LogP contribution in [0.15, 0.2) is 48.9 Å². The first-order valence-corrected chi connectivity index (χ1v) is 5.53. The second-order valence-electron chi connectivity index (χ2n) is 3.98. The van der Waals surface area contributed by atoms with Gasteiger partial charge in [0.25, 0.3) is 0 Å². The molecule has 0 aromatic carbocycles. The van der Waals surface area contributed by atoms with Crippen molar-refractivity contribution < 1.29 is 21.5 Å². The van der Waals surface area contributed by atoms with Crippen molar-refractivity contribution in [2.45, 2.75) is 13.0 Å². The summed E-state index contributed by atoms with van der Waals surface area (Å²) in [5.74, 6) is 0. The number of pyridine rings is 2. The summed E-state index contributed by atoms with van der Waals surface area (Å²) in [6.45, 7) is 1.09. The van der Waals surface area contributed by atoms with E-state index < -0.39 is 0 Å². The van der Waals surface area contributed by atoms with Crippen molar-refractivity contribution in [1.82, 2.24) is 4.98 Å². The van der Waals surface area contributed by atoms with Crippen molar-refractivity contribution in [2.24, 2.45) is 0 Å². The van der Waals surface area contributed by atoms with Gasteiger partial charge in [0.05, 0.1) is 0 Å². The molecule has 0 saturated carbocycles. The zero-order valence-corrected chi connectivity index (χ0v) is 11.0. The third-order valence-electron chi connectivity index (χ3n) is 2.94. The van der Waals surface area contributed by atoms with E-state index in [0.717, 1.165) is 13.0 Å². The molecule has 0 unspecified atom stereocenters. The van der Waals surface area contributed by atoms with Crippen LogP contribution >= 0.6 is 0 Å².